The maximum absolute atomic E-state index is 11.5. The van der Waals surface area contributed by atoms with Gasteiger partial charge in [0.15, 0.2) is 0 Å². The zero-order valence-corrected chi connectivity index (χ0v) is 8.76. The molecule has 13 heavy (non-hydrogen) atoms. The van der Waals surface area contributed by atoms with E-state index in [1.54, 1.807) is 0 Å². The molecule has 0 aromatic rings. The van der Waals surface area contributed by atoms with Crippen molar-refractivity contribution in [3.05, 3.63) is 0 Å². The Bertz CT molecular complexity index is 197. The first kappa shape index (κ1) is 10.5. The summed E-state index contributed by atoms with van der Waals surface area (Å²) in [6.07, 6.45) is 3.16. The maximum Gasteiger partial charge on any atom is 0.237 e. The number of hydrogen-bond acceptors (Lipinski definition) is 2. The third kappa shape index (κ3) is 2.69. The molecule has 0 aromatic carbocycles. The first-order valence-electron chi connectivity index (χ1n) is 5.05. The first-order valence-corrected chi connectivity index (χ1v) is 5.05. The van der Waals surface area contributed by atoms with Crippen molar-refractivity contribution < 1.29 is 4.79 Å². The Labute approximate surface area is 80.1 Å². The van der Waals surface area contributed by atoms with E-state index < -0.39 is 0 Å². The zero-order chi connectivity index (χ0) is 10.1. The van der Waals surface area contributed by atoms with Crippen molar-refractivity contribution >= 4 is 5.91 Å². The van der Waals surface area contributed by atoms with Crippen LogP contribution in [0.3, 0.4) is 0 Å². The Morgan fingerprint density at radius 1 is 1.62 bits per heavy atom. The molecule has 0 aromatic heterocycles. The van der Waals surface area contributed by atoms with Gasteiger partial charge in [0, 0.05) is 5.54 Å². The van der Waals surface area contributed by atoms with Gasteiger partial charge in [-0.3, -0.25) is 4.79 Å². The van der Waals surface area contributed by atoms with Crippen LogP contribution in [0.4, 0.5) is 0 Å². The molecule has 0 spiro atoms. The van der Waals surface area contributed by atoms with E-state index in [0.29, 0.717) is 12.3 Å². The smallest absolute Gasteiger partial charge is 0.237 e. The maximum atomic E-state index is 11.5. The second kappa shape index (κ2) is 3.66. The summed E-state index contributed by atoms with van der Waals surface area (Å²) in [6, 6.07) is -0.349. The van der Waals surface area contributed by atoms with Crippen LogP contribution < -0.4 is 11.1 Å². The highest BCUT2D eigenvalue weighted by molar-refractivity contribution is 5.82. The van der Waals surface area contributed by atoms with Crippen molar-refractivity contribution in [2.45, 2.75) is 51.6 Å². The molecule has 1 amide bonds. The molecule has 1 atom stereocenters. The fourth-order valence-corrected chi connectivity index (χ4v) is 1.50. The molecule has 1 saturated carbocycles. The van der Waals surface area contributed by atoms with Crippen LogP contribution >= 0.6 is 0 Å². The molecule has 0 heterocycles. The molecule has 3 N–H and O–H groups in total. The van der Waals surface area contributed by atoms with Crippen LogP contribution in [-0.2, 0) is 4.79 Å². The van der Waals surface area contributed by atoms with E-state index in [9.17, 15) is 4.79 Å². The van der Waals surface area contributed by atoms with E-state index in [4.69, 9.17) is 5.73 Å². The van der Waals surface area contributed by atoms with Gasteiger partial charge in [-0.25, -0.2) is 0 Å². The molecule has 76 valence electrons. The molecule has 1 rings (SSSR count). The second-order valence-electron chi connectivity index (χ2n) is 4.50. The Morgan fingerprint density at radius 3 is 2.54 bits per heavy atom. The predicted molar refractivity (Wildman–Crippen MR) is 53.2 cm³/mol. The second-order valence-corrected chi connectivity index (χ2v) is 4.50. The highest BCUT2D eigenvalue weighted by Crippen LogP contribution is 2.39. The van der Waals surface area contributed by atoms with Crippen LogP contribution in [-0.4, -0.2) is 17.5 Å². The van der Waals surface area contributed by atoms with E-state index in [1.807, 2.05) is 6.92 Å². The van der Waals surface area contributed by atoms with E-state index in [-0.39, 0.29) is 17.5 Å². The lowest BCUT2D eigenvalue weighted by Gasteiger charge is -2.27. The third-order valence-corrected chi connectivity index (χ3v) is 2.82. The van der Waals surface area contributed by atoms with E-state index in [1.165, 1.54) is 12.8 Å². The van der Waals surface area contributed by atoms with Crippen LogP contribution in [0.2, 0.25) is 0 Å². The largest absolute Gasteiger partial charge is 0.350 e. The van der Waals surface area contributed by atoms with Gasteiger partial charge in [0.25, 0.3) is 0 Å². The van der Waals surface area contributed by atoms with Crippen molar-refractivity contribution in [1.29, 1.82) is 0 Å². The molecule has 1 fully saturated rings. The van der Waals surface area contributed by atoms with Gasteiger partial charge in [0.05, 0.1) is 6.04 Å². The van der Waals surface area contributed by atoms with E-state index in [0.717, 1.165) is 0 Å². The van der Waals surface area contributed by atoms with Crippen molar-refractivity contribution in [2.24, 2.45) is 11.7 Å². The van der Waals surface area contributed by atoms with E-state index >= 15 is 0 Å². The van der Waals surface area contributed by atoms with Crippen LogP contribution in [0.5, 0.6) is 0 Å². The average Bonchev–Trinajstić information content (AvgIpc) is 2.84. The summed E-state index contributed by atoms with van der Waals surface area (Å²) in [4.78, 5) is 11.5. The summed E-state index contributed by atoms with van der Waals surface area (Å²) in [6.45, 7) is 6.07. The minimum atomic E-state index is -0.349. The first-order chi connectivity index (χ1) is 5.97. The number of amides is 1. The summed E-state index contributed by atoms with van der Waals surface area (Å²) in [5.74, 6) is 0.639. The SMILES string of the molecule is CC[C@@H](N)C(=O)NC(C)(C)C1CC1. The van der Waals surface area contributed by atoms with Crippen molar-refractivity contribution in [1.82, 2.24) is 5.32 Å². The van der Waals surface area contributed by atoms with Gasteiger partial charge in [-0.15, -0.1) is 0 Å². The molecular weight excluding hydrogens is 164 g/mol. The lowest BCUT2D eigenvalue weighted by molar-refractivity contribution is -0.124. The lowest BCUT2D eigenvalue weighted by atomic mass is 9.98. The van der Waals surface area contributed by atoms with Crippen molar-refractivity contribution in [3.8, 4) is 0 Å². The van der Waals surface area contributed by atoms with Crippen molar-refractivity contribution in [2.75, 3.05) is 0 Å². The van der Waals surface area contributed by atoms with Gasteiger partial charge in [0.2, 0.25) is 5.91 Å². The number of carbonyl (C=O) groups excluding carboxylic acids is 1. The highest BCUT2D eigenvalue weighted by Gasteiger charge is 2.39. The molecule has 3 nitrogen and oxygen atoms in total. The molecule has 0 aliphatic heterocycles. The molecule has 0 radical (unpaired) electrons. The Morgan fingerprint density at radius 2 is 2.15 bits per heavy atom. The Kier molecular flexibility index (Phi) is 2.96. The highest BCUT2D eigenvalue weighted by atomic mass is 16.2. The number of nitrogens with one attached hydrogen (secondary N) is 1. The molecule has 0 unspecified atom stereocenters. The van der Waals surface area contributed by atoms with Crippen LogP contribution in [0.25, 0.3) is 0 Å². The fourth-order valence-electron chi connectivity index (χ4n) is 1.50. The molecule has 0 bridgehead atoms. The summed E-state index contributed by atoms with van der Waals surface area (Å²) in [7, 11) is 0. The number of carbonyl (C=O) groups is 1. The minimum absolute atomic E-state index is 0.0144. The number of nitrogens with two attached hydrogens (primary N) is 1. The number of rotatable bonds is 4. The number of hydrogen-bond donors (Lipinski definition) is 2. The van der Waals surface area contributed by atoms with Gasteiger partial charge in [0.1, 0.15) is 0 Å². The topological polar surface area (TPSA) is 55.1 Å². The summed E-state index contributed by atoms with van der Waals surface area (Å²) >= 11 is 0. The Hall–Kier alpha value is -0.570. The normalized spacial score (nSPS) is 19.7. The fraction of sp³-hybridized carbons (Fsp3) is 0.900. The predicted octanol–water partition coefficient (Wildman–Crippen LogP) is 1.03. The van der Waals surface area contributed by atoms with Crippen molar-refractivity contribution in [3.63, 3.8) is 0 Å². The van der Waals surface area contributed by atoms with Crippen LogP contribution in [0.1, 0.15) is 40.0 Å². The standard InChI is InChI=1S/C10H20N2O/c1-4-8(11)9(13)12-10(2,3)7-5-6-7/h7-8H,4-6,11H2,1-3H3,(H,12,13)/t8-/m1/s1. The third-order valence-electron chi connectivity index (χ3n) is 2.82. The molecule has 0 saturated heterocycles. The summed E-state index contributed by atoms with van der Waals surface area (Å²) in [5.41, 5.74) is 5.57. The van der Waals surface area contributed by atoms with Gasteiger partial charge >= 0.3 is 0 Å². The average molecular weight is 184 g/mol. The molecule has 1 aliphatic rings. The minimum Gasteiger partial charge on any atom is -0.350 e. The quantitative estimate of drug-likeness (QED) is 0.685. The summed E-state index contributed by atoms with van der Waals surface area (Å²) < 4.78 is 0. The lowest BCUT2D eigenvalue weighted by Crippen LogP contribution is -2.51. The van der Waals surface area contributed by atoms with Gasteiger partial charge in [-0.05, 0) is 39.0 Å². The Balaban J connectivity index is 2.42. The molecule has 1 aliphatic carbocycles. The molecule has 3 heteroatoms. The van der Waals surface area contributed by atoms with Gasteiger partial charge in [-0.2, -0.15) is 0 Å². The monoisotopic (exact) mass is 184 g/mol. The van der Waals surface area contributed by atoms with Gasteiger partial charge < -0.3 is 11.1 Å². The van der Waals surface area contributed by atoms with Crippen LogP contribution in [0, 0.1) is 5.92 Å². The summed E-state index contributed by atoms with van der Waals surface area (Å²) in [5, 5.41) is 3.00. The molecular formula is C10H20N2O. The van der Waals surface area contributed by atoms with Gasteiger partial charge in [-0.1, -0.05) is 6.92 Å². The van der Waals surface area contributed by atoms with E-state index in [2.05, 4.69) is 19.2 Å². The van der Waals surface area contributed by atoms with Crippen LogP contribution in [0.15, 0.2) is 0 Å². The zero-order valence-electron chi connectivity index (χ0n) is 8.76.